The lowest BCUT2D eigenvalue weighted by Gasteiger charge is -2.14. The van der Waals surface area contributed by atoms with Crippen molar-refractivity contribution < 1.29 is 17.9 Å². The van der Waals surface area contributed by atoms with Crippen molar-refractivity contribution in [3.63, 3.8) is 0 Å². The molecule has 2 aromatic carbocycles. The predicted octanol–water partition coefficient (Wildman–Crippen LogP) is 5.31. The summed E-state index contributed by atoms with van der Waals surface area (Å²) in [5.74, 6) is 0.614. The second-order valence-electron chi connectivity index (χ2n) is 5.37. The van der Waals surface area contributed by atoms with Crippen LogP contribution in [0, 0.1) is 6.92 Å². The number of aromatic nitrogens is 1. The molecule has 0 aliphatic heterocycles. The lowest BCUT2D eigenvalue weighted by molar-refractivity contribution is -0.137. The molecule has 1 aromatic heterocycles. The zero-order valence-corrected chi connectivity index (χ0v) is 13.1. The molecule has 1 heterocycles. The van der Waals surface area contributed by atoms with Crippen LogP contribution in [0.5, 0.6) is 5.75 Å². The van der Waals surface area contributed by atoms with Gasteiger partial charge in [0.05, 0.1) is 12.7 Å². The minimum atomic E-state index is -4.38. The molecular formula is C18H15F3N2O. The number of benzene rings is 2. The average molecular weight is 332 g/mol. The normalized spacial score (nSPS) is 11.5. The Morgan fingerprint density at radius 2 is 1.79 bits per heavy atom. The number of rotatable bonds is 3. The van der Waals surface area contributed by atoms with Crippen LogP contribution >= 0.6 is 0 Å². The third-order valence-corrected chi connectivity index (χ3v) is 3.62. The second kappa shape index (κ2) is 6.03. The molecule has 0 amide bonds. The first kappa shape index (κ1) is 16.1. The highest BCUT2D eigenvalue weighted by Crippen LogP contribution is 2.34. The number of anilines is 2. The molecule has 0 bridgehead atoms. The Morgan fingerprint density at radius 1 is 1.04 bits per heavy atom. The number of pyridine rings is 1. The summed E-state index contributed by atoms with van der Waals surface area (Å²) in [4.78, 5) is 4.46. The van der Waals surface area contributed by atoms with Gasteiger partial charge in [-0.15, -0.1) is 0 Å². The van der Waals surface area contributed by atoms with Gasteiger partial charge in [-0.1, -0.05) is 18.2 Å². The maximum atomic E-state index is 12.9. The van der Waals surface area contributed by atoms with Crippen LogP contribution in [0.25, 0.3) is 10.9 Å². The highest BCUT2D eigenvalue weighted by atomic mass is 19.4. The Labute approximate surface area is 137 Å². The van der Waals surface area contributed by atoms with Crippen molar-refractivity contribution >= 4 is 22.3 Å². The van der Waals surface area contributed by atoms with Gasteiger partial charge in [0, 0.05) is 22.5 Å². The van der Waals surface area contributed by atoms with E-state index in [0.29, 0.717) is 22.6 Å². The summed E-state index contributed by atoms with van der Waals surface area (Å²) in [6.07, 6.45) is -4.38. The fraction of sp³-hybridized carbons (Fsp3) is 0.167. The highest BCUT2D eigenvalue weighted by Gasteiger charge is 2.30. The number of para-hydroxylation sites is 1. The van der Waals surface area contributed by atoms with Crippen molar-refractivity contribution in [2.45, 2.75) is 13.1 Å². The van der Waals surface area contributed by atoms with E-state index in [1.54, 1.807) is 25.3 Å². The number of aryl methyl sites for hydroxylation is 1. The molecule has 0 saturated carbocycles. The Balaban J connectivity index is 2.08. The van der Waals surface area contributed by atoms with Gasteiger partial charge in [0.15, 0.2) is 0 Å². The van der Waals surface area contributed by atoms with Gasteiger partial charge < -0.3 is 10.1 Å². The average Bonchev–Trinajstić information content (AvgIpc) is 2.53. The molecule has 0 fully saturated rings. The van der Waals surface area contributed by atoms with Crippen LogP contribution in [0.1, 0.15) is 11.3 Å². The van der Waals surface area contributed by atoms with E-state index in [1.165, 1.54) is 6.07 Å². The molecule has 124 valence electrons. The van der Waals surface area contributed by atoms with Gasteiger partial charge in [-0.3, -0.25) is 0 Å². The largest absolute Gasteiger partial charge is 0.494 e. The summed E-state index contributed by atoms with van der Waals surface area (Å²) in [6, 6.07) is 12.4. The van der Waals surface area contributed by atoms with Crippen LogP contribution in [0.2, 0.25) is 0 Å². The van der Waals surface area contributed by atoms with Gasteiger partial charge in [0.2, 0.25) is 0 Å². The van der Waals surface area contributed by atoms with E-state index < -0.39 is 11.7 Å². The van der Waals surface area contributed by atoms with Crippen molar-refractivity contribution in [1.29, 1.82) is 0 Å². The van der Waals surface area contributed by atoms with Crippen molar-refractivity contribution in [1.82, 2.24) is 4.98 Å². The van der Waals surface area contributed by atoms with E-state index in [1.807, 2.05) is 19.1 Å². The summed E-state index contributed by atoms with van der Waals surface area (Å²) >= 11 is 0. The van der Waals surface area contributed by atoms with Gasteiger partial charge >= 0.3 is 6.18 Å². The molecule has 3 rings (SSSR count). The first-order chi connectivity index (χ1) is 11.4. The number of nitrogens with zero attached hydrogens (tertiary/aromatic N) is 1. The zero-order chi connectivity index (χ0) is 17.3. The van der Waals surface area contributed by atoms with E-state index in [-0.39, 0.29) is 0 Å². The maximum absolute atomic E-state index is 12.9. The molecule has 6 heteroatoms. The Kier molecular flexibility index (Phi) is 4.05. The molecule has 0 spiro atoms. The van der Waals surface area contributed by atoms with Crippen LogP contribution in [0.4, 0.5) is 24.5 Å². The van der Waals surface area contributed by atoms with Crippen LogP contribution in [0.3, 0.4) is 0 Å². The Morgan fingerprint density at radius 3 is 2.50 bits per heavy atom. The number of fused-ring (bicyclic) bond motifs is 1. The topological polar surface area (TPSA) is 34.1 Å². The number of nitrogens with one attached hydrogen (secondary N) is 1. The van der Waals surface area contributed by atoms with Gasteiger partial charge in [-0.2, -0.15) is 13.2 Å². The molecule has 3 nitrogen and oxygen atoms in total. The van der Waals surface area contributed by atoms with Crippen LogP contribution in [-0.4, -0.2) is 12.1 Å². The van der Waals surface area contributed by atoms with E-state index >= 15 is 0 Å². The van der Waals surface area contributed by atoms with E-state index in [4.69, 9.17) is 4.74 Å². The number of ether oxygens (including phenoxy) is 1. The maximum Gasteiger partial charge on any atom is 0.416 e. The Bertz CT molecular complexity index is 891. The smallest absolute Gasteiger partial charge is 0.416 e. The molecular weight excluding hydrogens is 317 g/mol. The quantitative estimate of drug-likeness (QED) is 0.705. The van der Waals surface area contributed by atoms with Gasteiger partial charge in [-0.05, 0) is 37.3 Å². The molecule has 0 unspecified atom stereocenters. The minimum Gasteiger partial charge on any atom is -0.494 e. The van der Waals surface area contributed by atoms with Crippen molar-refractivity contribution in [3.8, 4) is 5.75 Å². The highest BCUT2D eigenvalue weighted by molar-refractivity contribution is 5.96. The van der Waals surface area contributed by atoms with Crippen molar-refractivity contribution in [2.75, 3.05) is 12.4 Å². The summed E-state index contributed by atoms with van der Waals surface area (Å²) in [5.41, 5.74) is 1.74. The molecule has 3 aromatic rings. The van der Waals surface area contributed by atoms with Gasteiger partial charge in [-0.25, -0.2) is 4.98 Å². The fourth-order valence-electron chi connectivity index (χ4n) is 2.55. The van der Waals surface area contributed by atoms with E-state index in [2.05, 4.69) is 10.3 Å². The Hall–Kier alpha value is -2.76. The third-order valence-electron chi connectivity index (χ3n) is 3.62. The molecule has 24 heavy (non-hydrogen) atoms. The third kappa shape index (κ3) is 3.13. The number of alkyl halides is 3. The van der Waals surface area contributed by atoms with E-state index in [9.17, 15) is 13.2 Å². The molecule has 0 saturated heterocycles. The minimum absolute atomic E-state index is 0.361. The molecule has 0 radical (unpaired) electrons. The fourth-order valence-corrected chi connectivity index (χ4v) is 2.55. The summed E-state index contributed by atoms with van der Waals surface area (Å²) in [6.45, 7) is 1.82. The number of methoxy groups -OCH3 is 1. The number of halogens is 3. The summed E-state index contributed by atoms with van der Waals surface area (Å²) in [7, 11) is 1.55. The molecule has 1 N–H and O–H groups in total. The van der Waals surface area contributed by atoms with Crippen molar-refractivity contribution in [3.05, 3.63) is 59.8 Å². The first-order valence-corrected chi connectivity index (χ1v) is 7.27. The molecule has 0 aliphatic rings. The summed E-state index contributed by atoms with van der Waals surface area (Å²) < 4.78 is 43.9. The standard InChI is InChI=1S/C18H15F3N2O/c1-11-9-15(14-7-4-8-16(24-2)17(14)22-11)23-13-6-3-5-12(10-13)18(19,20)21/h3-10H,1-2H3,(H,22,23). The molecule has 0 aliphatic carbocycles. The van der Waals surface area contributed by atoms with Gasteiger partial charge in [0.25, 0.3) is 0 Å². The second-order valence-corrected chi connectivity index (χ2v) is 5.37. The number of hydrogen-bond donors (Lipinski definition) is 1. The lowest BCUT2D eigenvalue weighted by Crippen LogP contribution is -2.05. The van der Waals surface area contributed by atoms with Crippen LogP contribution < -0.4 is 10.1 Å². The van der Waals surface area contributed by atoms with Crippen LogP contribution in [0.15, 0.2) is 48.5 Å². The van der Waals surface area contributed by atoms with Gasteiger partial charge in [0.1, 0.15) is 11.3 Å². The van der Waals surface area contributed by atoms with Crippen molar-refractivity contribution in [2.24, 2.45) is 0 Å². The first-order valence-electron chi connectivity index (χ1n) is 7.27. The SMILES string of the molecule is COc1cccc2c(Nc3cccc(C(F)(F)F)c3)cc(C)nc12. The zero-order valence-electron chi connectivity index (χ0n) is 13.1. The monoisotopic (exact) mass is 332 g/mol. The summed E-state index contributed by atoms with van der Waals surface area (Å²) in [5, 5.41) is 3.83. The number of hydrogen-bond acceptors (Lipinski definition) is 3. The lowest BCUT2D eigenvalue weighted by atomic mass is 10.1. The molecule has 0 atom stereocenters. The van der Waals surface area contributed by atoms with E-state index in [0.717, 1.165) is 23.2 Å². The predicted molar refractivity (Wildman–Crippen MR) is 87.8 cm³/mol. The van der Waals surface area contributed by atoms with Crippen LogP contribution in [-0.2, 0) is 6.18 Å².